The molecule has 2 atom stereocenters. The van der Waals surface area contributed by atoms with Crippen LogP contribution in [0.2, 0.25) is 0 Å². The van der Waals surface area contributed by atoms with E-state index in [1.165, 1.54) is 0 Å². The van der Waals surface area contributed by atoms with Crippen LogP contribution in [0.15, 0.2) is 60.7 Å². The number of carbonyl (C=O) groups excluding carboxylic acids is 1. The number of benzene rings is 2. The van der Waals surface area contributed by atoms with Gasteiger partial charge in [-0.15, -0.1) is 0 Å². The first-order valence-corrected chi connectivity index (χ1v) is 9.37. The molecule has 1 heterocycles. The second kappa shape index (κ2) is 8.47. The molecule has 0 radical (unpaired) electrons. The van der Waals surface area contributed by atoms with Gasteiger partial charge in [0.2, 0.25) is 5.91 Å². The number of rotatable bonds is 5. The number of piperidine rings is 1. The maximum atomic E-state index is 12.8. The van der Waals surface area contributed by atoms with Crippen LogP contribution in [-0.4, -0.2) is 42.1 Å². The van der Waals surface area contributed by atoms with Crippen LogP contribution in [0.3, 0.4) is 0 Å². The molecule has 0 spiro atoms. The third kappa shape index (κ3) is 4.14. The Morgan fingerprint density at radius 2 is 1.58 bits per heavy atom. The summed E-state index contributed by atoms with van der Waals surface area (Å²) in [6.07, 6.45) is 1.39. The number of hydrogen-bond donors (Lipinski definition) is 1. The fraction of sp³-hybridized carbons (Fsp3) is 0.409. The van der Waals surface area contributed by atoms with E-state index in [2.05, 4.69) is 4.90 Å². The number of hydrogen-bond acceptors (Lipinski definition) is 3. The summed E-state index contributed by atoms with van der Waals surface area (Å²) < 4.78 is 0. The zero-order chi connectivity index (χ0) is 18.5. The van der Waals surface area contributed by atoms with Gasteiger partial charge >= 0.3 is 0 Å². The Balaban J connectivity index is 1.56. The molecule has 1 saturated heterocycles. The summed E-state index contributed by atoms with van der Waals surface area (Å²) in [6.45, 7) is 3.66. The molecule has 138 valence electrons. The summed E-state index contributed by atoms with van der Waals surface area (Å²) in [6, 6.07) is 19.5. The molecule has 1 N–H and O–H groups in total. The molecule has 0 aromatic heterocycles. The van der Waals surface area contributed by atoms with Crippen molar-refractivity contribution in [2.75, 3.05) is 25.0 Å². The van der Waals surface area contributed by atoms with Gasteiger partial charge < -0.3 is 10.0 Å². The Labute approximate surface area is 156 Å². The highest BCUT2D eigenvalue weighted by Crippen LogP contribution is 2.31. The van der Waals surface area contributed by atoms with Crippen molar-refractivity contribution in [3.05, 3.63) is 66.2 Å². The molecule has 4 heteroatoms. The van der Waals surface area contributed by atoms with Gasteiger partial charge in [-0.3, -0.25) is 9.69 Å². The molecule has 0 aliphatic carbocycles. The maximum Gasteiger partial charge on any atom is 0.243 e. The summed E-state index contributed by atoms with van der Waals surface area (Å²) in [5.74, 6) is 0.362. The largest absolute Gasteiger partial charge is 0.388 e. The van der Waals surface area contributed by atoms with E-state index in [1.54, 1.807) is 4.90 Å². The van der Waals surface area contributed by atoms with Crippen LogP contribution in [0.4, 0.5) is 5.69 Å². The molecule has 2 unspecified atom stereocenters. The Morgan fingerprint density at radius 1 is 1.04 bits per heavy atom. The van der Waals surface area contributed by atoms with Gasteiger partial charge in [-0.25, -0.2) is 0 Å². The second-order valence-electron chi connectivity index (χ2n) is 7.14. The first-order valence-electron chi connectivity index (χ1n) is 9.37. The van der Waals surface area contributed by atoms with Crippen LogP contribution in [0.25, 0.3) is 0 Å². The second-order valence-corrected chi connectivity index (χ2v) is 7.14. The van der Waals surface area contributed by atoms with E-state index in [1.807, 2.05) is 74.6 Å². The highest BCUT2D eigenvalue weighted by atomic mass is 16.3. The van der Waals surface area contributed by atoms with E-state index in [-0.39, 0.29) is 17.9 Å². The minimum Gasteiger partial charge on any atom is -0.388 e. The van der Waals surface area contributed by atoms with Crippen molar-refractivity contribution in [2.24, 2.45) is 5.92 Å². The predicted octanol–water partition coefficient (Wildman–Crippen LogP) is 3.48. The molecular formula is C22H28N2O2. The van der Waals surface area contributed by atoms with Crippen molar-refractivity contribution in [1.29, 1.82) is 0 Å². The Hall–Kier alpha value is -2.17. The highest BCUT2D eigenvalue weighted by molar-refractivity contribution is 5.96. The van der Waals surface area contributed by atoms with Gasteiger partial charge in [-0.2, -0.15) is 0 Å². The van der Waals surface area contributed by atoms with Crippen molar-refractivity contribution in [2.45, 2.75) is 31.9 Å². The molecule has 2 aromatic rings. The first-order chi connectivity index (χ1) is 12.6. The highest BCUT2D eigenvalue weighted by Gasteiger charge is 2.31. The molecule has 0 saturated carbocycles. The Bertz CT molecular complexity index is 697. The quantitative estimate of drug-likeness (QED) is 0.896. The summed E-state index contributed by atoms with van der Waals surface area (Å²) in [5.41, 5.74) is 1.90. The SMILES string of the molecule is CC(C(=O)N(C)c1ccccc1)N1CCC(C(O)c2ccccc2)CC1. The van der Waals surface area contributed by atoms with Crippen LogP contribution in [0, 0.1) is 5.92 Å². The lowest BCUT2D eigenvalue weighted by atomic mass is 9.87. The van der Waals surface area contributed by atoms with Gasteiger partial charge in [0, 0.05) is 12.7 Å². The summed E-state index contributed by atoms with van der Waals surface area (Å²) >= 11 is 0. The summed E-state index contributed by atoms with van der Waals surface area (Å²) in [7, 11) is 1.83. The fourth-order valence-corrected chi connectivity index (χ4v) is 3.76. The van der Waals surface area contributed by atoms with E-state index < -0.39 is 6.10 Å². The van der Waals surface area contributed by atoms with Crippen molar-refractivity contribution in [3.8, 4) is 0 Å². The molecular weight excluding hydrogens is 324 g/mol. The first kappa shape index (κ1) is 18.6. The monoisotopic (exact) mass is 352 g/mol. The van der Waals surface area contributed by atoms with Crippen molar-refractivity contribution in [1.82, 2.24) is 4.90 Å². The van der Waals surface area contributed by atoms with Crippen LogP contribution in [-0.2, 0) is 4.79 Å². The zero-order valence-corrected chi connectivity index (χ0v) is 15.6. The van der Waals surface area contributed by atoms with E-state index in [0.717, 1.165) is 37.2 Å². The molecule has 0 bridgehead atoms. The molecule has 1 aliphatic heterocycles. The van der Waals surface area contributed by atoms with Crippen LogP contribution < -0.4 is 4.90 Å². The molecule has 1 aliphatic rings. The van der Waals surface area contributed by atoms with Gasteiger partial charge in [-0.05, 0) is 56.5 Å². The van der Waals surface area contributed by atoms with Crippen LogP contribution >= 0.6 is 0 Å². The Morgan fingerprint density at radius 3 is 2.15 bits per heavy atom. The number of aliphatic hydroxyl groups is 1. The number of amides is 1. The third-order valence-corrected chi connectivity index (χ3v) is 5.54. The van der Waals surface area contributed by atoms with Gasteiger partial charge in [0.25, 0.3) is 0 Å². The predicted molar refractivity (Wildman–Crippen MR) is 105 cm³/mol. The summed E-state index contributed by atoms with van der Waals surface area (Å²) in [4.78, 5) is 16.8. The number of para-hydroxylation sites is 1. The van der Waals surface area contributed by atoms with E-state index in [9.17, 15) is 9.90 Å². The molecule has 3 rings (SSSR count). The van der Waals surface area contributed by atoms with E-state index in [4.69, 9.17) is 0 Å². The average Bonchev–Trinajstić information content (AvgIpc) is 2.73. The maximum absolute atomic E-state index is 12.8. The van der Waals surface area contributed by atoms with Gasteiger partial charge in [-0.1, -0.05) is 48.5 Å². The molecule has 26 heavy (non-hydrogen) atoms. The average molecular weight is 352 g/mol. The van der Waals surface area contributed by atoms with Crippen molar-refractivity contribution < 1.29 is 9.90 Å². The smallest absolute Gasteiger partial charge is 0.243 e. The normalized spacial score (nSPS) is 18.3. The van der Waals surface area contributed by atoms with E-state index >= 15 is 0 Å². The topological polar surface area (TPSA) is 43.8 Å². The third-order valence-electron chi connectivity index (χ3n) is 5.54. The lowest BCUT2D eigenvalue weighted by molar-refractivity contribution is -0.123. The summed E-state index contributed by atoms with van der Waals surface area (Å²) in [5, 5.41) is 10.6. The zero-order valence-electron chi connectivity index (χ0n) is 15.6. The van der Waals surface area contributed by atoms with Gasteiger partial charge in [0.05, 0.1) is 12.1 Å². The standard InChI is InChI=1S/C22H28N2O2/c1-17(22(26)23(2)20-11-7-4-8-12-20)24-15-13-19(14-16-24)21(25)18-9-5-3-6-10-18/h3-12,17,19,21,25H,13-16H2,1-2H3. The minimum absolute atomic E-state index is 0.109. The molecule has 1 amide bonds. The number of aliphatic hydroxyl groups excluding tert-OH is 1. The van der Waals surface area contributed by atoms with Crippen molar-refractivity contribution in [3.63, 3.8) is 0 Å². The van der Waals surface area contributed by atoms with Gasteiger partial charge in [0.1, 0.15) is 0 Å². The number of anilines is 1. The minimum atomic E-state index is -0.420. The Kier molecular flexibility index (Phi) is 6.07. The number of nitrogens with zero attached hydrogens (tertiary/aromatic N) is 2. The molecule has 1 fully saturated rings. The van der Waals surface area contributed by atoms with Crippen molar-refractivity contribution >= 4 is 11.6 Å². The fourth-order valence-electron chi connectivity index (χ4n) is 3.76. The lowest BCUT2D eigenvalue weighted by Gasteiger charge is -2.38. The number of carbonyl (C=O) groups is 1. The molecule has 2 aromatic carbocycles. The number of likely N-dealkylation sites (N-methyl/N-ethyl adjacent to an activating group) is 1. The van der Waals surface area contributed by atoms with Crippen LogP contribution in [0.1, 0.15) is 31.4 Å². The van der Waals surface area contributed by atoms with Crippen LogP contribution in [0.5, 0.6) is 0 Å². The van der Waals surface area contributed by atoms with Gasteiger partial charge in [0.15, 0.2) is 0 Å². The lowest BCUT2D eigenvalue weighted by Crippen LogP contribution is -2.49. The number of likely N-dealkylation sites (tertiary alicyclic amines) is 1. The molecule has 4 nitrogen and oxygen atoms in total. The van der Waals surface area contributed by atoms with E-state index in [0.29, 0.717) is 0 Å².